The monoisotopic (exact) mass is 377 g/mol. The first-order valence-electron chi connectivity index (χ1n) is 10.0. The molecule has 150 valence electrons. The maximum absolute atomic E-state index is 12.5. The normalized spacial score (nSPS) is 23.3. The molecule has 8 heteroatoms. The molecule has 1 aromatic heterocycles. The van der Waals surface area contributed by atoms with E-state index in [4.69, 9.17) is 5.11 Å². The molecule has 8 nitrogen and oxygen atoms in total. The number of carboxylic acids is 1. The number of aryl methyl sites for hydroxylation is 1. The zero-order chi connectivity index (χ0) is 19.4. The molecule has 2 fully saturated rings. The number of carboxylic acid groups (broad SMARTS) is 1. The van der Waals surface area contributed by atoms with Gasteiger partial charge in [0.25, 0.3) is 0 Å². The highest BCUT2D eigenvalue weighted by molar-refractivity contribution is 5.74. The molecule has 2 heterocycles. The molecular weight excluding hydrogens is 346 g/mol. The second kappa shape index (κ2) is 8.73. The Kier molecular flexibility index (Phi) is 6.36. The third kappa shape index (κ3) is 4.80. The SMILES string of the molecule is CCN(CC(=O)O)C1CC(NC(=O)N2CCC(c3cnn(CC)c3)CC2)C1. The van der Waals surface area contributed by atoms with Crippen LogP contribution in [-0.2, 0) is 11.3 Å². The van der Waals surface area contributed by atoms with Crippen molar-refractivity contribution in [2.24, 2.45) is 0 Å². The van der Waals surface area contributed by atoms with Crippen LogP contribution in [0, 0.1) is 0 Å². The Balaban J connectivity index is 1.40. The van der Waals surface area contributed by atoms with Crippen LogP contribution in [0.3, 0.4) is 0 Å². The maximum Gasteiger partial charge on any atom is 0.317 e. The number of likely N-dealkylation sites (N-methyl/N-ethyl adjacent to an activating group) is 1. The molecule has 1 saturated heterocycles. The van der Waals surface area contributed by atoms with Crippen molar-refractivity contribution >= 4 is 12.0 Å². The molecule has 1 aliphatic carbocycles. The lowest BCUT2D eigenvalue weighted by molar-refractivity contribution is -0.139. The van der Waals surface area contributed by atoms with Crippen LogP contribution in [0.2, 0.25) is 0 Å². The van der Waals surface area contributed by atoms with Gasteiger partial charge < -0.3 is 15.3 Å². The van der Waals surface area contributed by atoms with Gasteiger partial charge in [0.1, 0.15) is 0 Å². The fourth-order valence-corrected chi connectivity index (χ4v) is 4.12. The first-order chi connectivity index (χ1) is 13.0. The summed E-state index contributed by atoms with van der Waals surface area (Å²) in [7, 11) is 0. The van der Waals surface area contributed by atoms with Crippen molar-refractivity contribution in [3.05, 3.63) is 18.0 Å². The number of carbonyl (C=O) groups is 2. The zero-order valence-electron chi connectivity index (χ0n) is 16.3. The van der Waals surface area contributed by atoms with Gasteiger partial charge in [-0.25, -0.2) is 4.79 Å². The average molecular weight is 377 g/mol. The number of amides is 2. The number of hydrogen-bond donors (Lipinski definition) is 2. The lowest BCUT2D eigenvalue weighted by Gasteiger charge is -2.43. The van der Waals surface area contributed by atoms with E-state index in [2.05, 4.69) is 23.5 Å². The Morgan fingerprint density at radius 2 is 2.00 bits per heavy atom. The first-order valence-corrected chi connectivity index (χ1v) is 10.0. The number of rotatable bonds is 7. The number of hydrogen-bond acceptors (Lipinski definition) is 4. The van der Waals surface area contributed by atoms with Crippen LogP contribution in [0.1, 0.15) is 51.0 Å². The molecule has 1 saturated carbocycles. The summed E-state index contributed by atoms with van der Waals surface area (Å²) in [6.07, 6.45) is 7.68. The Hall–Kier alpha value is -2.09. The molecule has 2 aliphatic rings. The van der Waals surface area contributed by atoms with Gasteiger partial charge in [0, 0.05) is 37.9 Å². The average Bonchev–Trinajstić information content (AvgIpc) is 3.11. The number of aromatic nitrogens is 2. The van der Waals surface area contributed by atoms with E-state index >= 15 is 0 Å². The minimum absolute atomic E-state index is 0.0161. The molecule has 0 bridgehead atoms. The van der Waals surface area contributed by atoms with E-state index in [1.54, 1.807) is 0 Å². The fourth-order valence-electron chi connectivity index (χ4n) is 4.12. The van der Waals surface area contributed by atoms with Crippen LogP contribution in [-0.4, -0.2) is 74.9 Å². The standard InChI is InChI=1S/C19H31N5O3/c1-3-22(13-18(25)26)17-9-16(10-17)21-19(27)23-7-5-14(6-8-23)15-11-20-24(4-2)12-15/h11-12,14,16-17H,3-10,13H2,1-2H3,(H,21,27)(H,25,26). The van der Waals surface area contributed by atoms with Gasteiger partial charge in [-0.2, -0.15) is 5.10 Å². The van der Waals surface area contributed by atoms with Gasteiger partial charge in [-0.3, -0.25) is 14.4 Å². The lowest BCUT2D eigenvalue weighted by atomic mass is 9.85. The Labute approximate surface area is 160 Å². The molecule has 0 unspecified atom stereocenters. The largest absolute Gasteiger partial charge is 0.480 e. The Morgan fingerprint density at radius 3 is 2.56 bits per heavy atom. The van der Waals surface area contributed by atoms with Crippen LogP contribution >= 0.6 is 0 Å². The Morgan fingerprint density at radius 1 is 1.30 bits per heavy atom. The molecular formula is C19H31N5O3. The summed E-state index contributed by atoms with van der Waals surface area (Å²) < 4.78 is 1.95. The molecule has 2 amide bonds. The summed E-state index contributed by atoms with van der Waals surface area (Å²) in [6.45, 7) is 7.27. The Bertz CT molecular complexity index is 648. The van der Waals surface area contributed by atoms with E-state index in [1.165, 1.54) is 5.56 Å². The van der Waals surface area contributed by atoms with Crippen molar-refractivity contribution in [1.82, 2.24) is 24.9 Å². The predicted octanol–water partition coefficient (Wildman–Crippen LogP) is 1.73. The highest BCUT2D eigenvalue weighted by Gasteiger charge is 2.36. The van der Waals surface area contributed by atoms with Crippen molar-refractivity contribution in [1.29, 1.82) is 0 Å². The molecule has 0 spiro atoms. The van der Waals surface area contributed by atoms with Crippen LogP contribution in [0.15, 0.2) is 12.4 Å². The van der Waals surface area contributed by atoms with Gasteiger partial charge in [-0.15, -0.1) is 0 Å². The molecule has 1 aliphatic heterocycles. The summed E-state index contributed by atoms with van der Waals surface area (Å²) in [6, 6.07) is 0.436. The number of piperidine rings is 1. The second-order valence-electron chi connectivity index (χ2n) is 7.62. The van der Waals surface area contributed by atoms with Gasteiger partial charge in [-0.1, -0.05) is 6.92 Å². The molecule has 2 N–H and O–H groups in total. The van der Waals surface area contributed by atoms with Gasteiger partial charge in [0.15, 0.2) is 0 Å². The summed E-state index contributed by atoms with van der Waals surface area (Å²) in [4.78, 5) is 27.3. The molecule has 27 heavy (non-hydrogen) atoms. The van der Waals surface area contributed by atoms with Crippen molar-refractivity contribution in [2.75, 3.05) is 26.2 Å². The number of urea groups is 1. The number of aliphatic carboxylic acids is 1. The quantitative estimate of drug-likeness (QED) is 0.755. The van der Waals surface area contributed by atoms with Crippen molar-refractivity contribution in [2.45, 2.75) is 64.1 Å². The minimum atomic E-state index is -0.795. The number of likely N-dealkylation sites (tertiary alicyclic amines) is 1. The highest BCUT2D eigenvalue weighted by atomic mass is 16.4. The lowest BCUT2D eigenvalue weighted by Crippen LogP contribution is -2.57. The summed E-state index contributed by atoms with van der Waals surface area (Å²) in [5, 5.41) is 16.4. The van der Waals surface area contributed by atoms with E-state index in [0.717, 1.165) is 51.9 Å². The number of nitrogens with zero attached hydrogens (tertiary/aromatic N) is 4. The van der Waals surface area contributed by atoms with E-state index in [0.29, 0.717) is 5.92 Å². The molecule has 0 aromatic carbocycles. The van der Waals surface area contributed by atoms with Crippen LogP contribution < -0.4 is 5.32 Å². The van der Waals surface area contributed by atoms with Crippen molar-refractivity contribution in [3.63, 3.8) is 0 Å². The summed E-state index contributed by atoms with van der Waals surface area (Å²) in [5.41, 5.74) is 1.27. The van der Waals surface area contributed by atoms with Crippen molar-refractivity contribution in [3.8, 4) is 0 Å². The van der Waals surface area contributed by atoms with E-state index in [1.807, 2.05) is 27.6 Å². The van der Waals surface area contributed by atoms with Gasteiger partial charge >= 0.3 is 12.0 Å². The van der Waals surface area contributed by atoms with Gasteiger partial charge in [-0.05, 0) is 50.6 Å². The van der Waals surface area contributed by atoms with Crippen LogP contribution in [0.25, 0.3) is 0 Å². The van der Waals surface area contributed by atoms with Gasteiger partial charge in [0.2, 0.25) is 0 Å². The molecule has 1 aromatic rings. The molecule has 0 radical (unpaired) electrons. The number of nitrogens with one attached hydrogen (secondary N) is 1. The zero-order valence-corrected chi connectivity index (χ0v) is 16.3. The highest BCUT2D eigenvalue weighted by Crippen LogP contribution is 2.29. The van der Waals surface area contributed by atoms with E-state index in [-0.39, 0.29) is 24.7 Å². The van der Waals surface area contributed by atoms with E-state index < -0.39 is 5.97 Å². The third-order valence-electron chi connectivity index (χ3n) is 5.93. The van der Waals surface area contributed by atoms with Crippen molar-refractivity contribution < 1.29 is 14.7 Å². The maximum atomic E-state index is 12.5. The van der Waals surface area contributed by atoms with Crippen LogP contribution in [0.4, 0.5) is 4.79 Å². The predicted molar refractivity (Wildman–Crippen MR) is 102 cm³/mol. The number of carbonyl (C=O) groups excluding carboxylic acids is 1. The topological polar surface area (TPSA) is 90.7 Å². The fraction of sp³-hybridized carbons (Fsp3) is 0.737. The second-order valence-corrected chi connectivity index (χ2v) is 7.62. The summed E-state index contributed by atoms with van der Waals surface area (Å²) >= 11 is 0. The van der Waals surface area contributed by atoms with Gasteiger partial charge in [0.05, 0.1) is 12.7 Å². The molecule has 0 atom stereocenters. The van der Waals surface area contributed by atoms with Crippen LogP contribution in [0.5, 0.6) is 0 Å². The smallest absolute Gasteiger partial charge is 0.317 e. The third-order valence-corrected chi connectivity index (χ3v) is 5.93. The molecule has 3 rings (SSSR count). The minimum Gasteiger partial charge on any atom is -0.480 e. The first kappa shape index (κ1) is 19.7. The van der Waals surface area contributed by atoms with E-state index in [9.17, 15) is 9.59 Å². The summed E-state index contributed by atoms with van der Waals surface area (Å²) in [5.74, 6) is -0.312.